The Morgan fingerprint density at radius 2 is 0.622 bits per heavy atom. The normalized spacial score (nSPS) is 13.6. The van der Waals surface area contributed by atoms with E-state index in [1.807, 2.05) is 6.92 Å². The first-order valence-corrected chi connectivity index (χ1v) is 32.8. The molecule has 4 N–H and O–H groups in total. The quantitative estimate of drug-likeness (QED) is 0.115. The summed E-state index contributed by atoms with van der Waals surface area (Å²) in [6, 6.07) is 37.1. The number of carbonyl (C=O) groups excluding carboxylic acids is 2. The Morgan fingerprint density at radius 3 is 0.911 bits per heavy atom. The first-order valence-electron chi connectivity index (χ1n) is 32.8. The molecule has 8 bridgehead atoms. The number of nitrogens with zero attached hydrogens (tertiary/aromatic N) is 2. The van der Waals surface area contributed by atoms with E-state index in [4.69, 9.17) is 9.97 Å². The van der Waals surface area contributed by atoms with Crippen LogP contribution in [-0.2, 0) is 52.9 Å². The molecule has 0 saturated carbocycles. The lowest BCUT2D eigenvalue weighted by Gasteiger charge is -2.26. The zero-order valence-corrected chi connectivity index (χ0v) is 59.3. The number of aromatic nitrogens is 4. The van der Waals surface area contributed by atoms with Crippen molar-refractivity contribution in [2.45, 2.75) is 229 Å². The van der Waals surface area contributed by atoms with Gasteiger partial charge in [0.2, 0.25) is 11.8 Å². The van der Waals surface area contributed by atoms with Crippen molar-refractivity contribution in [2.75, 3.05) is 6.54 Å². The summed E-state index contributed by atoms with van der Waals surface area (Å²) in [6.07, 6.45) is 6.53. The Labute approximate surface area is 539 Å². The molecule has 0 unspecified atom stereocenters. The van der Waals surface area contributed by atoms with E-state index in [0.29, 0.717) is 23.6 Å². The second kappa shape index (κ2) is 23.6. The molecule has 0 spiro atoms. The van der Waals surface area contributed by atoms with E-state index in [1.54, 1.807) is 0 Å². The number of H-pyrrole nitrogens is 2. The summed E-state index contributed by atoms with van der Waals surface area (Å²) in [5.74, 6) is -0.450. The molecule has 2 amide bonds. The average molecular weight is 1210 g/mol. The van der Waals surface area contributed by atoms with Crippen LogP contribution in [0.25, 0.3) is 90.5 Å². The summed E-state index contributed by atoms with van der Waals surface area (Å²) in [5, 5.41) is 6.30. The molecule has 2 aliphatic heterocycles. The molecule has 0 fully saturated rings. The topological polar surface area (TPSA) is 116 Å². The van der Waals surface area contributed by atoms with E-state index in [2.05, 4.69) is 302 Å². The lowest BCUT2D eigenvalue weighted by Crippen LogP contribution is -2.26. The van der Waals surface area contributed by atoms with Gasteiger partial charge in [0.15, 0.2) is 0 Å². The van der Waals surface area contributed by atoms with Crippen LogP contribution >= 0.6 is 0 Å². The Hall–Kier alpha value is -7.58. The second-order valence-corrected chi connectivity index (χ2v) is 33.9. The maximum absolute atomic E-state index is 14.7. The molecule has 8 nitrogen and oxygen atoms in total. The Bertz CT molecular complexity index is 4080. The SMILES string of the molecule is CCNC(=O)CCC(=O)NC1=Cc2nc1c(-c1cc(C(C)(C)C)cc(C(C)(C)C)c1)c1ccc([nH]1)c(-c1cc(C(C)(C)C)cc(C(C)(C)C)c1)c1nc(c(-c3cc(C(C)(C)C)cc(C(C)(C)C)c3)c3ccc([nH]3)c2-c2cc(C(C)(C)C)cc(C(C)(C)C)c2)C=C1. The lowest BCUT2D eigenvalue weighted by molar-refractivity contribution is -0.125. The number of nitrogens with one attached hydrogen (secondary N) is 4. The summed E-state index contributed by atoms with van der Waals surface area (Å²) in [4.78, 5) is 47.9. The van der Waals surface area contributed by atoms with Gasteiger partial charge in [-0.15, -0.1) is 0 Å². The minimum atomic E-state index is -0.278. The number of hydrogen-bond donors (Lipinski definition) is 4. The average Bonchev–Trinajstić information content (AvgIpc) is 1.53. The maximum atomic E-state index is 14.7. The first kappa shape index (κ1) is 66.8. The lowest BCUT2D eigenvalue weighted by atomic mass is 9.78. The molecule has 5 heterocycles. The summed E-state index contributed by atoms with van der Waals surface area (Å²) in [6.45, 7) is 57.2. The Balaban J connectivity index is 1.60. The molecule has 3 aromatic heterocycles. The Kier molecular flexibility index (Phi) is 17.5. The molecule has 90 heavy (non-hydrogen) atoms. The van der Waals surface area contributed by atoms with Crippen molar-refractivity contribution in [1.29, 1.82) is 0 Å². The zero-order chi connectivity index (χ0) is 66.4. The van der Waals surface area contributed by atoms with Crippen LogP contribution in [0.3, 0.4) is 0 Å². The number of fused-ring (bicyclic) bond motifs is 8. The van der Waals surface area contributed by atoms with Gasteiger partial charge in [-0.25, -0.2) is 9.97 Å². The van der Waals surface area contributed by atoms with Crippen LogP contribution in [0.4, 0.5) is 0 Å². The monoisotopic (exact) mass is 1200 g/mol. The largest absolute Gasteiger partial charge is 0.356 e. The van der Waals surface area contributed by atoms with Crippen LogP contribution in [0, 0.1) is 0 Å². The fourth-order valence-corrected chi connectivity index (χ4v) is 11.9. The molecule has 4 aromatic carbocycles. The maximum Gasteiger partial charge on any atom is 0.224 e. The standard InChI is InChI=1S/C82H104N6O2/c1-26-83-68(89)33-34-69(90)87-67-47-66-72(50-39-56(79(14,15)16)45-57(40-50)80(17,18)19)64-30-29-62(85-64)70(48-35-52(75(2,3)4)43-53(36-48)76(5,6)7)60-27-28-61(84-60)71(49-37-54(77(8,9)10)44-55(38-49)78(11,12)13)63-31-32-65(86-63)73(74(67)88-66)51-41-58(81(20,21)22)46-59(42-51)82(23,24)25/h27-32,35-47,85-86H,26,33-34H2,1-25H3,(H,83,89)(H,87,90). The molecular formula is C82H104N6O2. The van der Waals surface area contributed by atoms with Crippen molar-refractivity contribution in [3.05, 3.63) is 164 Å². The van der Waals surface area contributed by atoms with Crippen LogP contribution < -0.4 is 10.6 Å². The predicted molar refractivity (Wildman–Crippen MR) is 385 cm³/mol. The highest BCUT2D eigenvalue weighted by molar-refractivity contribution is 6.05. The van der Waals surface area contributed by atoms with E-state index in [1.165, 1.54) is 44.5 Å². The molecule has 0 aliphatic carbocycles. The smallest absolute Gasteiger partial charge is 0.224 e. The third kappa shape index (κ3) is 14.4. The van der Waals surface area contributed by atoms with Crippen molar-refractivity contribution in [1.82, 2.24) is 30.6 Å². The molecule has 0 radical (unpaired) electrons. The minimum absolute atomic E-state index is 0.0104. The highest BCUT2D eigenvalue weighted by atomic mass is 16.2. The van der Waals surface area contributed by atoms with E-state index in [0.717, 1.165) is 78.0 Å². The van der Waals surface area contributed by atoms with Crippen molar-refractivity contribution in [3.8, 4) is 44.5 Å². The van der Waals surface area contributed by atoms with Crippen molar-refractivity contribution < 1.29 is 9.59 Å². The van der Waals surface area contributed by atoms with Gasteiger partial charge in [-0.2, -0.15) is 0 Å². The van der Waals surface area contributed by atoms with Crippen LogP contribution in [-0.4, -0.2) is 38.3 Å². The van der Waals surface area contributed by atoms with Crippen LogP contribution in [0.5, 0.6) is 0 Å². The molecule has 2 aliphatic rings. The van der Waals surface area contributed by atoms with Gasteiger partial charge in [0.25, 0.3) is 0 Å². The van der Waals surface area contributed by atoms with Crippen LogP contribution in [0.1, 0.15) is 253 Å². The number of carbonyl (C=O) groups is 2. The molecule has 7 aromatic rings. The number of rotatable bonds is 9. The van der Waals surface area contributed by atoms with Gasteiger partial charge in [0, 0.05) is 63.7 Å². The third-order valence-corrected chi connectivity index (χ3v) is 17.9. The predicted octanol–water partition coefficient (Wildman–Crippen LogP) is 21.1. The molecular weight excluding hydrogens is 1100 g/mol. The van der Waals surface area contributed by atoms with Gasteiger partial charge in [0.05, 0.1) is 28.5 Å². The molecule has 0 atom stereocenters. The van der Waals surface area contributed by atoms with E-state index in [9.17, 15) is 9.59 Å². The fourth-order valence-electron chi connectivity index (χ4n) is 11.9. The third-order valence-electron chi connectivity index (χ3n) is 17.9. The van der Waals surface area contributed by atoms with E-state index in [-0.39, 0.29) is 68.0 Å². The van der Waals surface area contributed by atoms with Gasteiger partial charge >= 0.3 is 0 Å². The van der Waals surface area contributed by atoms with E-state index < -0.39 is 0 Å². The zero-order valence-electron chi connectivity index (χ0n) is 59.3. The van der Waals surface area contributed by atoms with Crippen LogP contribution in [0.2, 0.25) is 0 Å². The summed E-state index contributed by atoms with van der Waals surface area (Å²) >= 11 is 0. The van der Waals surface area contributed by atoms with Gasteiger partial charge < -0.3 is 20.6 Å². The Morgan fingerprint density at radius 1 is 0.356 bits per heavy atom. The second-order valence-electron chi connectivity index (χ2n) is 33.9. The molecule has 9 rings (SSSR count). The summed E-state index contributed by atoms with van der Waals surface area (Å²) < 4.78 is 0. The summed E-state index contributed by atoms with van der Waals surface area (Å²) in [7, 11) is 0. The van der Waals surface area contributed by atoms with Gasteiger partial charge in [-0.05, 0) is 159 Å². The summed E-state index contributed by atoms with van der Waals surface area (Å²) in [5.41, 5.74) is 23.0. The number of hydrogen-bond acceptors (Lipinski definition) is 4. The fraction of sp³-hybridized carbons (Fsp3) is 0.439. The highest BCUT2D eigenvalue weighted by Gasteiger charge is 2.31. The van der Waals surface area contributed by atoms with Crippen molar-refractivity contribution >= 4 is 57.8 Å². The first-order chi connectivity index (χ1) is 41.4. The number of amides is 2. The van der Waals surface area contributed by atoms with Gasteiger partial charge in [0.1, 0.15) is 0 Å². The number of aromatic amines is 2. The van der Waals surface area contributed by atoms with Crippen molar-refractivity contribution in [2.24, 2.45) is 0 Å². The highest BCUT2D eigenvalue weighted by Crippen LogP contribution is 2.46. The van der Waals surface area contributed by atoms with Crippen molar-refractivity contribution in [3.63, 3.8) is 0 Å². The van der Waals surface area contributed by atoms with Gasteiger partial charge in [-0.1, -0.05) is 239 Å². The number of benzene rings is 4. The molecule has 474 valence electrons. The van der Waals surface area contributed by atoms with Gasteiger partial charge in [-0.3, -0.25) is 9.59 Å². The molecule has 0 saturated heterocycles. The van der Waals surface area contributed by atoms with Crippen LogP contribution in [0.15, 0.2) is 97.1 Å². The molecule has 8 heteroatoms. The minimum Gasteiger partial charge on any atom is -0.356 e. The van der Waals surface area contributed by atoms with E-state index >= 15 is 0 Å².